The number of rotatable bonds is 7. The van der Waals surface area contributed by atoms with Gasteiger partial charge >= 0.3 is 194 Å². The van der Waals surface area contributed by atoms with Gasteiger partial charge in [0.2, 0.25) is 0 Å². The predicted octanol–water partition coefficient (Wildman–Crippen LogP) is 3.54. The van der Waals surface area contributed by atoms with E-state index in [0.717, 1.165) is 15.6 Å². The van der Waals surface area contributed by atoms with Crippen molar-refractivity contribution in [3.63, 3.8) is 0 Å². The molecule has 4 aromatic rings. The number of nitrogens with two attached hydrogens (primary N) is 1. The first kappa shape index (κ1) is 26.6. The van der Waals surface area contributed by atoms with E-state index in [2.05, 4.69) is 4.98 Å². The number of aryl methyl sites for hydroxylation is 2. The zero-order valence-corrected chi connectivity index (χ0v) is 23.1. The molecule has 0 saturated carbocycles. The van der Waals surface area contributed by atoms with Gasteiger partial charge in [-0.15, -0.1) is 0 Å². The molecule has 1 aliphatic heterocycles. The van der Waals surface area contributed by atoms with Crippen LogP contribution < -0.4 is 11.4 Å². The zero-order valence-electron chi connectivity index (χ0n) is 21.4. The molecule has 1 saturated heterocycles. The number of carbonyl (C=O) groups is 2. The van der Waals surface area contributed by atoms with Crippen LogP contribution in [0.15, 0.2) is 76.6 Å². The number of ether oxygens (including phenoxy) is 3. The summed E-state index contributed by atoms with van der Waals surface area (Å²) in [6.45, 7) is 3.68. The normalized spacial score (nSPS) is 18.6. The van der Waals surface area contributed by atoms with Gasteiger partial charge in [-0.2, -0.15) is 0 Å². The van der Waals surface area contributed by atoms with Crippen molar-refractivity contribution in [2.24, 2.45) is 0 Å². The second-order valence-electron chi connectivity index (χ2n) is 9.35. The van der Waals surface area contributed by atoms with Gasteiger partial charge in [-0.25, -0.2) is 0 Å². The van der Waals surface area contributed by atoms with E-state index in [-0.39, 0.29) is 33.3 Å². The summed E-state index contributed by atoms with van der Waals surface area (Å²) in [7, 11) is 0. The second-order valence-corrected chi connectivity index (χ2v) is 11.3. The summed E-state index contributed by atoms with van der Waals surface area (Å²) in [6.07, 6.45) is -0.583. The van der Waals surface area contributed by atoms with E-state index in [1.165, 1.54) is 4.57 Å². The number of anilines is 1. The van der Waals surface area contributed by atoms with Gasteiger partial charge in [0, 0.05) is 0 Å². The van der Waals surface area contributed by atoms with E-state index in [1.807, 2.05) is 55.2 Å². The van der Waals surface area contributed by atoms with Crippen molar-refractivity contribution >= 4 is 32.3 Å². The van der Waals surface area contributed by atoms with Crippen LogP contribution in [-0.4, -0.2) is 54.8 Å². The molecule has 2 aromatic carbocycles. The third kappa shape index (κ3) is 6.04. The van der Waals surface area contributed by atoms with Crippen molar-refractivity contribution < 1.29 is 23.8 Å². The number of hydrogen-bond donors (Lipinski definition) is 1. The van der Waals surface area contributed by atoms with Crippen LogP contribution in [0.3, 0.4) is 0 Å². The van der Waals surface area contributed by atoms with Gasteiger partial charge in [-0.1, -0.05) is 23.3 Å². The van der Waals surface area contributed by atoms with Crippen molar-refractivity contribution in [3.05, 3.63) is 105 Å². The molecule has 9 nitrogen and oxygen atoms in total. The maximum absolute atomic E-state index is 12.9. The van der Waals surface area contributed by atoms with Gasteiger partial charge in [0.1, 0.15) is 0 Å². The van der Waals surface area contributed by atoms with Gasteiger partial charge in [-0.05, 0) is 13.8 Å². The molecule has 200 valence electrons. The Labute approximate surface area is 230 Å². The first-order valence-corrected chi connectivity index (χ1v) is 14.2. The molecule has 39 heavy (non-hydrogen) atoms. The van der Waals surface area contributed by atoms with E-state index < -0.39 is 36.1 Å². The summed E-state index contributed by atoms with van der Waals surface area (Å²) in [6, 6.07) is 17.9. The molecular formula is C29H27N3O6Se. The molecule has 2 aromatic heterocycles. The van der Waals surface area contributed by atoms with Gasteiger partial charge in [-0.3, -0.25) is 0 Å². The molecular weight excluding hydrogens is 565 g/mol. The van der Waals surface area contributed by atoms with Crippen LogP contribution >= 0.6 is 0 Å². The van der Waals surface area contributed by atoms with Crippen molar-refractivity contribution in [1.29, 1.82) is 0 Å². The molecule has 0 bridgehead atoms. The first-order valence-electron chi connectivity index (χ1n) is 12.4. The van der Waals surface area contributed by atoms with Crippen LogP contribution in [0.4, 0.5) is 5.82 Å². The SMILES string of the molecule is Cc1ccc(C(=O)OC[C@H]2O[C@@H](n3cc(-c4ccc[se]4)c(N)nc3=O)C[C@@H]2OC(=O)c2ccc(C)cc2)cc1. The zero-order chi connectivity index (χ0) is 27.5. The van der Waals surface area contributed by atoms with Crippen LogP contribution in [-0.2, 0) is 14.2 Å². The van der Waals surface area contributed by atoms with E-state index in [4.69, 9.17) is 19.9 Å². The molecule has 3 heterocycles. The molecule has 0 radical (unpaired) electrons. The number of hydrogen-bond acceptors (Lipinski definition) is 8. The summed E-state index contributed by atoms with van der Waals surface area (Å²) < 4.78 is 19.9. The Balaban J connectivity index is 1.39. The third-order valence-electron chi connectivity index (χ3n) is 6.47. The maximum atomic E-state index is 12.9. The minimum absolute atomic E-state index is 0.0768. The number of nitrogens with zero attached hydrogens (tertiary/aromatic N) is 2. The Morgan fingerprint density at radius 1 is 1.03 bits per heavy atom. The topological polar surface area (TPSA) is 123 Å². The molecule has 0 unspecified atom stereocenters. The van der Waals surface area contributed by atoms with Crippen LogP contribution in [0.5, 0.6) is 0 Å². The quantitative estimate of drug-likeness (QED) is 0.256. The van der Waals surface area contributed by atoms with E-state index in [0.29, 0.717) is 16.7 Å². The molecule has 1 fully saturated rings. The third-order valence-corrected chi connectivity index (χ3v) is 8.37. The van der Waals surface area contributed by atoms with Gasteiger partial charge in [0.05, 0.1) is 0 Å². The molecule has 5 rings (SSSR count). The Morgan fingerprint density at radius 3 is 2.28 bits per heavy atom. The summed E-state index contributed by atoms with van der Waals surface area (Å²) in [5, 5.41) is 0. The van der Waals surface area contributed by atoms with Gasteiger partial charge in [0.25, 0.3) is 0 Å². The number of aromatic nitrogens is 2. The fourth-order valence-corrected chi connectivity index (χ4v) is 5.84. The van der Waals surface area contributed by atoms with Crippen LogP contribution in [0.1, 0.15) is 44.5 Å². The van der Waals surface area contributed by atoms with Crippen LogP contribution in [0.25, 0.3) is 10.0 Å². The van der Waals surface area contributed by atoms with E-state index in [9.17, 15) is 14.4 Å². The molecule has 3 atom stereocenters. The van der Waals surface area contributed by atoms with Crippen molar-refractivity contribution in [3.8, 4) is 10.0 Å². The summed E-state index contributed by atoms with van der Waals surface area (Å²) >= 11 is 0.0768. The van der Waals surface area contributed by atoms with Crippen molar-refractivity contribution in [2.75, 3.05) is 12.3 Å². The summed E-state index contributed by atoms with van der Waals surface area (Å²) in [5.41, 5.74) is 8.94. The molecule has 2 N–H and O–H groups in total. The summed E-state index contributed by atoms with van der Waals surface area (Å²) in [5.74, 6) is -0.911. The Morgan fingerprint density at radius 2 is 1.67 bits per heavy atom. The number of benzene rings is 2. The number of nitrogen functional groups attached to an aromatic ring is 1. The second kappa shape index (κ2) is 11.4. The molecule has 10 heteroatoms. The van der Waals surface area contributed by atoms with E-state index in [1.54, 1.807) is 30.5 Å². The summed E-state index contributed by atoms with van der Waals surface area (Å²) in [4.78, 5) is 44.5. The Bertz CT molecular complexity index is 1530. The first-order chi connectivity index (χ1) is 18.8. The fraction of sp³-hybridized carbons (Fsp3) is 0.241. The minimum Gasteiger partial charge on any atom is -0.0585 e. The predicted molar refractivity (Wildman–Crippen MR) is 146 cm³/mol. The molecule has 0 amide bonds. The molecule has 0 aliphatic carbocycles. The smallest absolute Gasteiger partial charge is 0.0585 e. The van der Waals surface area contributed by atoms with Crippen molar-refractivity contribution in [1.82, 2.24) is 9.55 Å². The van der Waals surface area contributed by atoms with Crippen LogP contribution in [0.2, 0.25) is 0 Å². The van der Waals surface area contributed by atoms with E-state index >= 15 is 0 Å². The Kier molecular flexibility index (Phi) is 7.79. The standard InChI is InChI=1S/C29H27N3O6Se/c1-17-5-9-19(10-6-17)27(33)36-16-23-22(38-28(34)20-11-7-18(2)8-12-20)14-25(37-23)32-15-21(24-4-3-13-39-24)26(30)31-29(32)35/h3-13,15,22-23,25H,14,16H2,1-2H3,(H2,30,31,35)/t22-,23+,25+/m0/s1. The van der Waals surface area contributed by atoms with Crippen molar-refractivity contribution in [2.45, 2.75) is 38.7 Å². The fourth-order valence-electron chi connectivity index (χ4n) is 4.28. The average Bonchev–Trinajstić information content (AvgIpc) is 3.59. The average molecular weight is 593 g/mol. The number of esters is 2. The molecule has 0 spiro atoms. The van der Waals surface area contributed by atoms with Crippen LogP contribution in [0, 0.1) is 13.8 Å². The monoisotopic (exact) mass is 593 g/mol. The van der Waals surface area contributed by atoms with Gasteiger partial charge in [0.15, 0.2) is 0 Å². The van der Waals surface area contributed by atoms with Gasteiger partial charge < -0.3 is 0 Å². The minimum atomic E-state index is -0.803. The molecule has 1 aliphatic rings. The number of carbonyl (C=O) groups excluding carboxylic acids is 2. The Hall–Kier alpha value is -3.98.